The van der Waals surface area contributed by atoms with Gasteiger partial charge in [-0.1, -0.05) is 29.8 Å². The average molecular weight is 313 g/mol. The molecule has 22 heavy (non-hydrogen) atoms. The maximum absolute atomic E-state index is 10.4. The topological polar surface area (TPSA) is 70.0 Å². The van der Waals surface area contributed by atoms with Crippen molar-refractivity contribution in [3.05, 3.63) is 64.5 Å². The van der Waals surface area contributed by atoms with Crippen LogP contribution < -0.4 is 0 Å². The average Bonchev–Trinajstić information content (AvgIpc) is 2.97. The first kappa shape index (κ1) is 14.6. The third kappa shape index (κ3) is 2.69. The molecule has 3 rings (SSSR count). The van der Waals surface area contributed by atoms with E-state index in [0.29, 0.717) is 21.7 Å². The van der Waals surface area contributed by atoms with Crippen molar-refractivity contribution in [3.8, 4) is 6.07 Å². The molecule has 0 amide bonds. The molecule has 0 radical (unpaired) electrons. The lowest BCUT2D eigenvalue weighted by Gasteiger charge is -2.06. The van der Waals surface area contributed by atoms with E-state index >= 15 is 0 Å². The predicted molar refractivity (Wildman–Crippen MR) is 83.6 cm³/mol. The third-order valence-electron chi connectivity index (χ3n) is 3.54. The molecule has 2 atom stereocenters. The van der Waals surface area contributed by atoms with Gasteiger partial charge in [0.15, 0.2) is 11.7 Å². The molecule has 1 heterocycles. The number of benzene rings is 2. The number of nitriles is 1. The molecule has 0 spiro atoms. The summed E-state index contributed by atoms with van der Waals surface area (Å²) in [6.07, 6.45) is -0.957. The Kier molecular flexibility index (Phi) is 3.84. The summed E-state index contributed by atoms with van der Waals surface area (Å²) in [5.41, 5.74) is 2.72. The van der Waals surface area contributed by atoms with Gasteiger partial charge in [-0.15, -0.1) is 0 Å². The predicted octanol–water partition coefficient (Wildman–Crippen LogP) is 4.19. The smallest absolute Gasteiger partial charge is 0.228 e. The Hall–Kier alpha value is -2.35. The van der Waals surface area contributed by atoms with E-state index in [-0.39, 0.29) is 11.8 Å². The van der Waals surface area contributed by atoms with E-state index in [4.69, 9.17) is 21.3 Å². The highest BCUT2D eigenvalue weighted by Gasteiger charge is 2.18. The zero-order valence-corrected chi connectivity index (χ0v) is 12.6. The third-order valence-corrected chi connectivity index (χ3v) is 3.79. The van der Waals surface area contributed by atoms with Crippen molar-refractivity contribution in [1.82, 2.24) is 4.98 Å². The van der Waals surface area contributed by atoms with Crippen LogP contribution in [0, 0.1) is 11.3 Å². The lowest BCUT2D eigenvalue weighted by atomic mass is 10.0. The van der Waals surface area contributed by atoms with E-state index in [9.17, 15) is 5.11 Å². The molecule has 0 aliphatic rings. The van der Waals surface area contributed by atoms with Crippen molar-refractivity contribution in [2.75, 3.05) is 0 Å². The van der Waals surface area contributed by atoms with E-state index in [1.54, 1.807) is 36.4 Å². The number of aromatic nitrogens is 1. The molecule has 2 unspecified atom stereocenters. The van der Waals surface area contributed by atoms with Crippen LogP contribution in [0.2, 0.25) is 5.02 Å². The lowest BCUT2D eigenvalue weighted by molar-refractivity contribution is 0.185. The fraction of sp³-hybridized carbons (Fsp3) is 0.176. The number of rotatable bonds is 3. The number of hydrogen-bond acceptors (Lipinski definition) is 4. The second kappa shape index (κ2) is 5.80. The minimum atomic E-state index is -0.957. The summed E-state index contributed by atoms with van der Waals surface area (Å²) in [5.74, 6) is -0.00165. The first-order valence-electron chi connectivity index (χ1n) is 6.82. The van der Waals surface area contributed by atoms with Gasteiger partial charge in [0.25, 0.3) is 0 Å². The first-order valence-corrected chi connectivity index (χ1v) is 7.20. The Balaban J connectivity index is 1.98. The summed E-state index contributed by atoms with van der Waals surface area (Å²) in [7, 11) is 0. The maximum Gasteiger partial charge on any atom is 0.228 e. The largest absolute Gasteiger partial charge is 0.437 e. The summed E-state index contributed by atoms with van der Waals surface area (Å²) in [4.78, 5) is 4.31. The Labute approximate surface area is 132 Å². The summed E-state index contributed by atoms with van der Waals surface area (Å²) in [6.45, 7) is 1.82. The van der Waals surface area contributed by atoms with Gasteiger partial charge in [-0.25, -0.2) is 4.98 Å². The zero-order valence-electron chi connectivity index (χ0n) is 11.8. The van der Waals surface area contributed by atoms with Crippen molar-refractivity contribution < 1.29 is 9.52 Å². The van der Waals surface area contributed by atoms with Gasteiger partial charge in [-0.2, -0.15) is 5.26 Å². The maximum atomic E-state index is 10.4. The molecule has 0 saturated carbocycles. The number of nitrogens with zero attached hydrogens (tertiary/aromatic N) is 2. The SMILES string of the molecule is CC(C#N)c1ccc2nc(C(O)c3ccc(Cl)cc3)oc2c1. The normalized spacial score (nSPS) is 13.7. The lowest BCUT2D eigenvalue weighted by Crippen LogP contribution is -1.99. The highest BCUT2D eigenvalue weighted by atomic mass is 35.5. The van der Waals surface area contributed by atoms with Crippen LogP contribution in [0.1, 0.15) is 36.0 Å². The van der Waals surface area contributed by atoms with Gasteiger partial charge in [0.05, 0.1) is 12.0 Å². The van der Waals surface area contributed by atoms with Crippen LogP contribution in [0.5, 0.6) is 0 Å². The Bertz CT molecular complexity index is 849. The Morgan fingerprint density at radius 3 is 2.55 bits per heavy atom. The monoisotopic (exact) mass is 312 g/mol. The summed E-state index contributed by atoms with van der Waals surface area (Å²) in [5, 5.41) is 19.9. The van der Waals surface area contributed by atoms with Gasteiger partial charge >= 0.3 is 0 Å². The molecule has 0 fully saturated rings. The van der Waals surface area contributed by atoms with Gasteiger partial charge < -0.3 is 9.52 Å². The zero-order chi connectivity index (χ0) is 15.7. The van der Waals surface area contributed by atoms with E-state index in [0.717, 1.165) is 5.56 Å². The molecule has 1 N–H and O–H groups in total. The molecule has 2 aromatic carbocycles. The van der Waals surface area contributed by atoms with E-state index in [1.807, 2.05) is 13.0 Å². The molecule has 110 valence electrons. The summed E-state index contributed by atoms with van der Waals surface area (Å²) >= 11 is 5.84. The van der Waals surface area contributed by atoms with Crippen LogP contribution >= 0.6 is 11.6 Å². The van der Waals surface area contributed by atoms with Crippen molar-refractivity contribution in [2.24, 2.45) is 0 Å². The van der Waals surface area contributed by atoms with Crippen LogP contribution in [0.25, 0.3) is 11.1 Å². The molecular weight excluding hydrogens is 300 g/mol. The Morgan fingerprint density at radius 1 is 1.18 bits per heavy atom. The van der Waals surface area contributed by atoms with Crippen molar-refractivity contribution in [1.29, 1.82) is 5.26 Å². The number of oxazole rings is 1. The minimum absolute atomic E-state index is 0.221. The molecule has 1 aromatic heterocycles. The van der Waals surface area contributed by atoms with E-state index in [2.05, 4.69) is 11.1 Å². The van der Waals surface area contributed by atoms with E-state index in [1.165, 1.54) is 0 Å². The number of hydrogen-bond donors (Lipinski definition) is 1. The second-order valence-corrected chi connectivity index (χ2v) is 5.52. The van der Waals surface area contributed by atoms with Crippen molar-refractivity contribution in [2.45, 2.75) is 18.9 Å². The van der Waals surface area contributed by atoms with Gasteiger partial charge in [0, 0.05) is 5.02 Å². The highest BCUT2D eigenvalue weighted by Crippen LogP contribution is 2.28. The van der Waals surface area contributed by atoms with Crippen LogP contribution in [-0.2, 0) is 0 Å². The number of fused-ring (bicyclic) bond motifs is 1. The summed E-state index contributed by atoms with van der Waals surface area (Å²) < 4.78 is 5.65. The fourth-order valence-corrected chi connectivity index (χ4v) is 2.33. The van der Waals surface area contributed by atoms with Crippen LogP contribution in [-0.4, -0.2) is 10.1 Å². The van der Waals surface area contributed by atoms with Crippen molar-refractivity contribution in [3.63, 3.8) is 0 Å². The molecule has 0 bridgehead atoms. The number of halogens is 1. The number of aliphatic hydroxyl groups excluding tert-OH is 1. The van der Waals surface area contributed by atoms with E-state index < -0.39 is 6.10 Å². The van der Waals surface area contributed by atoms with Crippen molar-refractivity contribution >= 4 is 22.7 Å². The van der Waals surface area contributed by atoms with Gasteiger partial charge in [0.1, 0.15) is 5.52 Å². The van der Waals surface area contributed by atoms with Crippen LogP contribution in [0.15, 0.2) is 46.9 Å². The first-order chi connectivity index (χ1) is 10.6. The Morgan fingerprint density at radius 2 is 1.86 bits per heavy atom. The van der Waals surface area contributed by atoms with Crippen LogP contribution in [0.4, 0.5) is 0 Å². The van der Waals surface area contributed by atoms with Gasteiger partial charge in [-0.3, -0.25) is 0 Å². The van der Waals surface area contributed by atoms with Gasteiger partial charge in [-0.05, 0) is 42.3 Å². The quantitative estimate of drug-likeness (QED) is 0.787. The van der Waals surface area contributed by atoms with Gasteiger partial charge in [0.2, 0.25) is 5.89 Å². The molecule has 3 aromatic rings. The standard InChI is InChI=1S/C17H13ClN2O2/c1-10(9-19)12-4-7-14-15(8-12)22-17(20-14)16(21)11-2-5-13(18)6-3-11/h2-8,10,16,21H,1H3. The van der Waals surface area contributed by atoms with Crippen LogP contribution in [0.3, 0.4) is 0 Å². The summed E-state index contributed by atoms with van der Waals surface area (Å²) in [6, 6.07) is 14.5. The highest BCUT2D eigenvalue weighted by molar-refractivity contribution is 6.30. The molecule has 0 aliphatic heterocycles. The molecular formula is C17H13ClN2O2. The molecule has 4 nitrogen and oxygen atoms in total. The molecule has 5 heteroatoms. The molecule has 0 saturated heterocycles. The number of aliphatic hydroxyl groups is 1. The minimum Gasteiger partial charge on any atom is -0.437 e. The molecule has 0 aliphatic carbocycles. The fourth-order valence-electron chi connectivity index (χ4n) is 2.21. The second-order valence-electron chi connectivity index (χ2n) is 5.08.